The van der Waals surface area contributed by atoms with Crippen LogP contribution in [0.1, 0.15) is 16.7 Å². The maximum absolute atomic E-state index is 12.2. The number of rotatable bonds is 8. The predicted octanol–water partition coefficient (Wildman–Crippen LogP) is 4.97. The topological polar surface area (TPSA) is 70.7 Å². The van der Waals surface area contributed by atoms with Crippen LogP contribution in [0.2, 0.25) is 0 Å². The van der Waals surface area contributed by atoms with E-state index in [0.29, 0.717) is 12.3 Å². The van der Waals surface area contributed by atoms with E-state index >= 15 is 0 Å². The van der Waals surface area contributed by atoms with Gasteiger partial charge in [0.15, 0.2) is 5.16 Å². The van der Waals surface area contributed by atoms with Crippen LogP contribution in [0.3, 0.4) is 0 Å². The Bertz CT molecular complexity index is 1110. The van der Waals surface area contributed by atoms with E-state index in [0.717, 1.165) is 32.4 Å². The lowest BCUT2D eigenvalue weighted by Gasteiger charge is -2.11. The fraction of sp³-hybridized carbons (Fsp3) is 0.174. The Morgan fingerprint density at radius 3 is 2.70 bits per heavy atom. The second kappa shape index (κ2) is 9.82. The van der Waals surface area contributed by atoms with Gasteiger partial charge in [-0.1, -0.05) is 36.0 Å². The molecule has 0 fully saturated rings. The third-order valence-corrected chi connectivity index (χ3v) is 6.81. The molecule has 1 amide bonds. The smallest absolute Gasteiger partial charge is 0.230 e. The molecule has 0 saturated carbocycles. The molecule has 4 aromatic rings. The second-order valence-electron chi connectivity index (χ2n) is 6.81. The Balaban J connectivity index is 1.32. The summed E-state index contributed by atoms with van der Waals surface area (Å²) >= 11 is 3.26. The number of H-pyrrole nitrogens is 1. The number of thioether (sulfide) groups is 2. The molecule has 2 N–H and O–H groups in total. The summed E-state index contributed by atoms with van der Waals surface area (Å²) in [5, 5.41) is 3.88. The first-order valence-corrected chi connectivity index (χ1v) is 11.6. The van der Waals surface area contributed by atoms with Crippen LogP contribution in [0.25, 0.3) is 11.0 Å². The molecule has 0 unspecified atom stereocenters. The number of fused-ring (bicyclic) bond motifs is 1. The number of carbonyl (C=O) groups excluding carboxylic acids is 1. The molecule has 0 saturated heterocycles. The highest BCUT2D eigenvalue weighted by Gasteiger charge is 2.09. The van der Waals surface area contributed by atoms with Crippen LogP contribution in [0.5, 0.6) is 0 Å². The second-order valence-corrected chi connectivity index (χ2v) is 8.79. The normalized spacial score (nSPS) is 11.0. The Morgan fingerprint density at radius 2 is 1.87 bits per heavy atom. The number of hydrogen-bond acceptors (Lipinski definition) is 5. The Kier molecular flexibility index (Phi) is 6.71. The minimum absolute atomic E-state index is 0.0262. The number of nitrogens with zero attached hydrogens (tertiary/aromatic N) is 2. The summed E-state index contributed by atoms with van der Waals surface area (Å²) in [5.74, 6) is 1.25. The monoisotopic (exact) mass is 434 g/mol. The van der Waals surface area contributed by atoms with Gasteiger partial charge in [0.05, 0.1) is 16.8 Å². The number of benzene rings is 2. The summed E-state index contributed by atoms with van der Waals surface area (Å²) in [6.45, 7) is 2.64. The van der Waals surface area contributed by atoms with Gasteiger partial charge in [-0.2, -0.15) is 0 Å². The van der Waals surface area contributed by atoms with Crippen molar-refractivity contribution in [1.29, 1.82) is 0 Å². The molecule has 7 heteroatoms. The lowest BCUT2D eigenvalue weighted by molar-refractivity contribution is -0.118. The van der Waals surface area contributed by atoms with E-state index in [1.165, 1.54) is 11.1 Å². The highest BCUT2D eigenvalue weighted by Crippen LogP contribution is 2.29. The van der Waals surface area contributed by atoms with Gasteiger partial charge >= 0.3 is 0 Å². The van der Waals surface area contributed by atoms with Gasteiger partial charge in [-0.3, -0.25) is 9.78 Å². The molecule has 0 aliphatic heterocycles. The molecule has 0 atom stereocenters. The highest BCUT2D eigenvalue weighted by molar-refractivity contribution is 8.00. The van der Waals surface area contributed by atoms with Crippen LogP contribution in [0, 0.1) is 6.92 Å². The van der Waals surface area contributed by atoms with E-state index in [2.05, 4.69) is 45.4 Å². The molecule has 5 nitrogen and oxygen atoms in total. The van der Waals surface area contributed by atoms with Gasteiger partial charge in [0, 0.05) is 29.6 Å². The summed E-state index contributed by atoms with van der Waals surface area (Å²) in [7, 11) is 0. The quantitative estimate of drug-likeness (QED) is 0.383. The Labute approximate surface area is 184 Å². The van der Waals surface area contributed by atoms with E-state index in [1.54, 1.807) is 35.9 Å². The van der Waals surface area contributed by atoms with E-state index in [9.17, 15) is 4.79 Å². The Morgan fingerprint density at radius 1 is 1.03 bits per heavy atom. The van der Waals surface area contributed by atoms with Crippen molar-refractivity contribution in [2.75, 3.05) is 5.75 Å². The number of pyridine rings is 1. The van der Waals surface area contributed by atoms with E-state index in [1.807, 2.05) is 36.4 Å². The van der Waals surface area contributed by atoms with Gasteiger partial charge < -0.3 is 10.3 Å². The number of hydrogen-bond donors (Lipinski definition) is 2. The number of carbonyl (C=O) groups is 1. The summed E-state index contributed by atoms with van der Waals surface area (Å²) < 4.78 is 0. The fourth-order valence-corrected chi connectivity index (χ4v) is 4.87. The maximum atomic E-state index is 12.2. The van der Waals surface area contributed by atoms with E-state index in [-0.39, 0.29) is 5.91 Å². The summed E-state index contributed by atoms with van der Waals surface area (Å²) in [5.41, 5.74) is 5.55. The Hall–Kier alpha value is -2.77. The van der Waals surface area contributed by atoms with Crippen molar-refractivity contribution in [3.05, 3.63) is 83.7 Å². The van der Waals surface area contributed by atoms with Gasteiger partial charge in [-0.05, 0) is 53.9 Å². The van der Waals surface area contributed by atoms with Crippen molar-refractivity contribution in [3.63, 3.8) is 0 Å². The van der Waals surface area contributed by atoms with Gasteiger partial charge in [0.25, 0.3) is 0 Å². The molecule has 4 rings (SSSR count). The molecule has 0 aliphatic rings. The largest absolute Gasteiger partial charge is 0.351 e. The minimum atomic E-state index is 0.0262. The number of nitrogens with one attached hydrogen (secondary N) is 2. The van der Waals surface area contributed by atoms with Crippen LogP contribution < -0.4 is 5.32 Å². The third-order valence-electron chi connectivity index (χ3n) is 4.73. The molecular formula is C23H22N4OS2. The van der Waals surface area contributed by atoms with Gasteiger partial charge in [-0.25, -0.2) is 4.98 Å². The standard InChI is InChI=1S/C23H22N4OS2/c1-16-18(14-30-23-26-19-6-2-3-7-20(19)27-23)5-4-8-21(16)29-15-22(28)25-13-17-9-11-24-12-10-17/h2-12H,13-15H2,1H3,(H,25,28)(H,26,27). The van der Waals surface area contributed by atoms with Crippen molar-refractivity contribution >= 4 is 40.5 Å². The third kappa shape index (κ3) is 5.23. The van der Waals surface area contributed by atoms with Crippen molar-refractivity contribution in [1.82, 2.24) is 20.3 Å². The number of imidazole rings is 1. The summed E-state index contributed by atoms with van der Waals surface area (Å²) in [4.78, 5) is 25.3. The SMILES string of the molecule is Cc1c(CSc2nc3ccccc3[nH]2)cccc1SCC(=O)NCc1ccncc1. The molecule has 0 aliphatic carbocycles. The molecule has 30 heavy (non-hydrogen) atoms. The zero-order chi connectivity index (χ0) is 20.8. The predicted molar refractivity (Wildman–Crippen MR) is 124 cm³/mol. The zero-order valence-electron chi connectivity index (χ0n) is 16.6. The number of aromatic nitrogens is 3. The van der Waals surface area contributed by atoms with Crippen molar-refractivity contribution < 1.29 is 4.79 Å². The molecule has 2 heterocycles. The van der Waals surface area contributed by atoms with Gasteiger partial charge in [0.1, 0.15) is 0 Å². The lowest BCUT2D eigenvalue weighted by Crippen LogP contribution is -2.24. The molecule has 152 valence electrons. The van der Waals surface area contributed by atoms with Crippen molar-refractivity contribution in [2.24, 2.45) is 0 Å². The fourth-order valence-electron chi connectivity index (χ4n) is 3.01. The molecule has 0 bridgehead atoms. The molecular weight excluding hydrogens is 412 g/mol. The van der Waals surface area contributed by atoms with Crippen LogP contribution in [-0.4, -0.2) is 26.6 Å². The average Bonchev–Trinajstić information content (AvgIpc) is 3.20. The van der Waals surface area contributed by atoms with Crippen LogP contribution in [0.4, 0.5) is 0 Å². The molecule has 0 radical (unpaired) electrons. The summed E-state index contributed by atoms with van der Waals surface area (Å²) in [6, 6.07) is 18.1. The first-order valence-electron chi connectivity index (χ1n) is 9.63. The maximum Gasteiger partial charge on any atom is 0.230 e. The average molecular weight is 435 g/mol. The number of para-hydroxylation sites is 2. The van der Waals surface area contributed by atoms with Gasteiger partial charge in [0.2, 0.25) is 5.91 Å². The number of aromatic amines is 1. The highest BCUT2D eigenvalue weighted by atomic mass is 32.2. The first kappa shape index (κ1) is 20.5. The van der Waals surface area contributed by atoms with Crippen molar-refractivity contribution in [3.8, 4) is 0 Å². The number of amides is 1. The molecule has 2 aromatic heterocycles. The van der Waals surface area contributed by atoms with Crippen molar-refractivity contribution in [2.45, 2.75) is 29.3 Å². The lowest BCUT2D eigenvalue weighted by atomic mass is 10.1. The van der Waals surface area contributed by atoms with E-state index in [4.69, 9.17) is 0 Å². The molecule has 2 aromatic carbocycles. The first-order chi connectivity index (χ1) is 14.7. The van der Waals surface area contributed by atoms with Crippen LogP contribution >= 0.6 is 23.5 Å². The molecule has 0 spiro atoms. The van der Waals surface area contributed by atoms with Crippen LogP contribution in [0.15, 0.2) is 77.0 Å². The minimum Gasteiger partial charge on any atom is -0.351 e. The van der Waals surface area contributed by atoms with Gasteiger partial charge in [-0.15, -0.1) is 11.8 Å². The van der Waals surface area contributed by atoms with E-state index < -0.39 is 0 Å². The summed E-state index contributed by atoms with van der Waals surface area (Å²) in [6.07, 6.45) is 3.46. The van der Waals surface area contributed by atoms with Crippen LogP contribution in [-0.2, 0) is 17.1 Å². The zero-order valence-corrected chi connectivity index (χ0v) is 18.2.